The first-order chi connectivity index (χ1) is 21.0. The smallest absolute Gasteiger partial charge is 0.344 e. The van der Waals surface area contributed by atoms with E-state index < -0.39 is 22.8 Å². The van der Waals surface area contributed by atoms with Gasteiger partial charge in [-0.3, -0.25) is 9.29 Å². The highest BCUT2D eigenvalue weighted by Crippen LogP contribution is 2.66. The van der Waals surface area contributed by atoms with Crippen molar-refractivity contribution < 1.29 is 27.2 Å². The van der Waals surface area contributed by atoms with Gasteiger partial charge in [-0.05, 0) is 60.4 Å². The maximum atomic E-state index is 14.2. The maximum Gasteiger partial charge on any atom is 0.344 e. The van der Waals surface area contributed by atoms with Crippen molar-refractivity contribution in [2.24, 2.45) is 0 Å². The highest BCUT2D eigenvalue weighted by atomic mass is 32.2. The van der Waals surface area contributed by atoms with E-state index in [2.05, 4.69) is 4.72 Å². The summed E-state index contributed by atoms with van der Waals surface area (Å²) in [7, 11) is -9.37. The average molecular weight is 624 g/mol. The fourth-order valence-corrected chi connectivity index (χ4v) is 8.75. The van der Waals surface area contributed by atoms with Crippen LogP contribution in [0.25, 0.3) is 22.3 Å². The number of furan rings is 1. The molecule has 1 aromatic heterocycles. The van der Waals surface area contributed by atoms with Crippen LogP contribution < -0.4 is 4.72 Å². The predicted molar refractivity (Wildman–Crippen MR) is 173 cm³/mol. The summed E-state index contributed by atoms with van der Waals surface area (Å²) >= 11 is 0. The van der Waals surface area contributed by atoms with E-state index in [1.165, 1.54) is 0 Å². The number of aryl methyl sites for hydroxylation is 2. The Balaban J connectivity index is 1.73. The third-order valence-corrected chi connectivity index (χ3v) is 10.9. The Morgan fingerprint density at radius 1 is 0.705 bits per heavy atom. The minimum atomic E-state index is -5.10. The van der Waals surface area contributed by atoms with Crippen molar-refractivity contribution in [3.8, 4) is 11.3 Å². The molecule has 6 aromatic rings. The number of sulfonamides is 1. The normalized spacial score (nSPS) is 12.4. The first-order valence-corrected chi connectivity index (χ1v) is 17.0. The van der Waals surface area contributed by atoms with E-state index in [9.17, 15) is 22.8 Å². The molecule has 9 heteroatoms. The van der Waals surface area contributed by atoms with E-state index in [1.54, 1.807) is 134 Å². The van der Waals surface area contributed by atoms with Crippen LogP contribution >= 0.6 is 7.60 Å². The molecule has 0 bridgehead atoms. The van der Waals surface area contributed by atoms with Gasteiger partial charge in [-0.2, -0.15) is 0 Å². The molecule has 222 valence electrons. The van der Waals surface area contributed by atoms with Gasteiger partial charge in [0.15, 0.2) is 5.76 Å². The summed E-state index contributed by atoms with van der Waals surface area (Å²) < 4.78 is 51.5. The molecule has 3 N–H and O–H groups in total. The average Bonchev–Trinajstić information content (AvgIpc) is 3.39. The minimum Gasteiger partial charge on any atom is -0.455 e. The second kappa shape index (κ2) is 11.2. The lowest BCUT2D eigenvalue weighted by atomic mass is 9.80. The lowest BCUT2D eigenvalue weighted by Crippen LogP contribution is -2.30. The van der Waals surface area contributed by atoms with Crippen LogP contribution in [0.1, 0.15) is 27.8 Å². The van der Waals surface area contributed by atoms with Gasteiger partial charge < -0.3 is 14.2 Å². The molecule has 0 amide bonds. The summed E-state index contributed by atoms with van der Waals surface area (Å²) in [5, 5.41) is -1.65. The minimum absolute atomic E-state index is 0.0106. The van der Waals surface area contributed by atoms with E-state index in [0.717, 1.165) is 5.56 Å². The molecular weight excluding hydrogens is 593 g/mol. The Morgan fingerprint density at radius 2 is 1.27 bits per heavy atom. The Kier molecular flexibility index (Phi) is 7.56. The Labute approximate surface area is 256 Å². The van der Waals surface area contributed by atoms with Gasteiger partial charge in [0.05, 0.1) is 0 Å². The summed E-state index contributed by atoms with van der Waals surface area (Å²) in [5.74, 6) is -0.0106. The molecule has 0 fully saturated rings. The Bertz CT molecular complexity index is 2080. The molecule has 5 aromatic carbocycles. The quantitative estimate of drug-likeness (QED) is 0.117. The van der Waals surface area contributed by atoms with Crippen LogP contribution in [0.15, 0.2) is 137 Å². The summed E-state index contributed by atoms with van der Waals surface area (Å²) in [6.07, 6.45) is 0. The summed E-state index contributed by atoms with van der Waals surface area (Å²) in [6.45, 7) is 3.68. The molecule has 44 heavy (non-hydrogen) atoms. The number of hydrogen-bond acceptors (Lipinski definition) is 4. The maximum absolute atomic E-state index is 14.2. The summed E-state index contributed by atoms with van der Waals surface area (Å²) in [5.41, 5.74) is 3.45. The van der Waals surface area contributed by atoms with Crippen molar-refractivity contribution >= 4 is 34.3 Å². The number of nitrogens with one attached hydrogen (secondary N) is 1. The van der Waals surface area contributed by atoms with Crippen LogP contribution in [0.5, 0.6) is 0 Å². The number of hydrogen-bond donors (Lipinski definition) is 3. The van der Waals surface area contributed by atoms with Crippen LogP contribution in [0.4, 0.5) is 5.69 Å². The fourth-order valence-electron chi connectivity index (χ4n) is 5.88. The van der Waals surface area contributed by atoms with Crippen LogP contribution in [0, 0.1) is 13.8 Å². The summed E-state index contributed by atoms with van der Waals surface area (Å²) in [6, 6.07) is 36.0. The lowest BCUT2D eigenvalue weighted by molar-refractivity contribution is 0.349. The van der Waals surface area contributed by atoms with Crippen LogP contribution in [-0.2, 0) is 19.7 Å². The molecule has 7 nitrogen and oxygen atoms in total. The van der Waals surface area contributed by atoms with Gasteiger partial charge in [0.1, 0.15) is 15.6 Å². The largest absolute Gasteiger partial charge is 0.455 e. The number of benzene rings is 5. The molecule has 0 saturated carbocycles. The Morgan fingerprint density at radius 3 is 1.86 bits per heavy atom. The standard InChI is InChI=1S/C35H30NO6PS/c1-24-20-22-28(23-21-24)36-44(40,41)34-29-17-9-10-19-31(29)42-33(34)32-25(2)12-11-18-30(32)35(43(37,38)39,26-13-5-3-6-14-26)27-15-7-4-8-16-27/h3-23,36H,1-2H3,(H2,37,38,39). The van der Waals surface area contributed by atoms with Gasteiger partial charge >= 0.3 is 7.60 Å². The van der Waals surface area contributed by atoms with E-state index >= 15 is 0 Å². The van der Waals surface area contributed by atoms with E-state index in [1.807, 2.05) is 6.92 Å². The van der Waals surface area contributed by atoms with Gasteiger partial charge in [0.2, 0.25) is 0 Å². The predicted octanol–water partition coefficient (Wildman–Crippen LogP) is 7.99. The first kappa shape index (κ1) is 29.6. The lowest BCUT2D eigenvalue weighted by Gasteiger charge is -2.37. The third-order valence-electron chi connectivity index (χ3n) is 7.83. The topological polar surface area (TPSA) is 117 Å². The zero-order valence-electron chi connectivity index (χ0n) is 24.0. The van der Waals surface area contributed by atoms with E-state index in [4.69, 9.17) is 4.42 Å². The number of anilines is 1. The molecule has 0 unspecified atom stereocenters. The molecule has 6 rings (SSSR count). The van der Waals surface area contributed by atoms with Crippen molar-refractivity contribution in [1.29, 1.82) is 0 Å². The zero-order valence-corrected chi connectivity index (χ0v) is 25.7. The van der Waals surface area contributed by atoms with Gasteiger partial charge in [0.25, 0.3) is 10.0 Å². The number of rotatable bonds is 8. The molecule has 0 atom stereocenters. The third kappa shape index (κ3) is 4.96. The van der Waals surface area contributed by atoms with Crippen molar-refractivity contribution in [1.82, 2.24) is 0 Å². The second-order valence-corrected chi connectivity index (χ2v) is 14.1. The zero-order chi connectivity index (χ0) is 31.1. The molecule has 0 saturated heterocycles. The molecule has 0 aliphatic carbocycles. The van der Waals surface area contributed by atoms with Crippen LogP contribution in [0.3, 0.4) is 0 Å². The van der Waals surface area contributed by atoms with Crippen molar-refractivity contribution in [2.75, 3.05) is 4.72 Å². The van der Waals surface area contributed by atoms with Gasteiger partial charge in [-0.15, -0.1) is 0 Å². The number of para-hydroxylation sites is 1. The van der Waals surface area contributed by atoms with Gasteiger partial charge in [0, 0.05) is 16.6 Å². The number of fused-ring (bicyclic) bond motifs is 1. The van der Waals surface area contributed by atoms with Gasteiger partial charge in [-0.25, -0.2) is 8.42 Å². The van der Waals surface area contributed by atoms with Crippen LogP contribution in [-0.4, -0.2) is 18.2 Å². The van der Waals surface area contributed by atoms with E-state index in [-0.39, 0.29) is 21.8 Å². The highest BCUT2D eigenvalue weighted by molar-refractivity contribution is 7.93. The van der Waals surface area contributed by atoms with Gasteiger partial charge in [-0.1, -0.05) is 109 Å². The van der Waals surface area contributed by atoms with E-state index in [0.29, 0.717) is 33.3 Å². The molecule has 1 heterocycles. The molecule has 0 radical (unpaired) electrons. The second-order valence-electron chi connectivity index (χ2n) is 10.7. The molecular formula is C35H30NO6PS. The summed E-state index contributed by atoms with van der Waals surface area (Å²) in [4.78, 5) is 22.7. The van der Waals surface area contributed by atoms with Crippen molar-refractivity contribution in [3.63, 3.8) is 0 Å². The fraction of sp³-hybridized carbons (Fsp3) is 0.0857. The molecule has 0 spiro atoms. The molecule has 0 aliphatic heterocycles. The monoisotopic (exact) mass is 623 g/mol. The molecule has 0 aliphatic rings. The van der Waals surface area contributed by atoms with Crippen molar-refractivity contribution in [3.05, 3.63) is 155 Å². The highest BCUT2D eigenvalue weighted by Gasteiger charge is 2.53. The first-order valence-electron chi connectivity index (χ1n) is 13.9. The van der Waals surface area contributed by atoms with Crippen molar-refractivity contribution in [2.45, 2.75) is 23.9 Å². The van der Waals surface area contributed by atoms with Crippen LogP contribution in [0.2, 0.25) is 0 Å². The SMILES string of the molecule is Cc1ccc(NS(=O)(=O)c2c(-c3c(C)cccc3C(c3ccccc3)(c3ccccc3)P(=O)(O)O)oc3ccccc23)cc1. The Hall–Kier alpha value is -4.46.